The Balaban J connectivity index is 2.46. The summed E-state index contributed by atoms with van der Waals surface area (Å²) in [4.78, 5) is 24.6. The Morgan fingerprint density at radius 3 is 2.42 bits per heavy atom. The normalized spacial score (nSPS) is 13.4. The third-order valence-electron chi connectivity index (χ3n) is 3.54. The van der Waals surface area contributed by atoms with Gasteiger partial charge in [-0.3, -0.25) is 9.59 Å². The van der Waals surface area contributed by atoms with Crippen LogP contribution in [0.15, 0.2) is 29.1 Å². The summed E-state index contributed by atoms with van der Waals surface area (Å²) in [6.45, 7) is 8.15. The van der Waals surface area contributed by atoms with Gasteiger partial charge in [0.2, 0.25) is 0 Å². The van der Waals surface area contributed by atoms with Crippen LogP contribution in [-0.4, -0.2) is 17.0 Å². The van der Waals surface area contributed by atoms with Gasteiger partial charge in [-0.05, 0) is 30.7 Å². The van der Waals surface area contributed by atoms with E-state index < -0.39 is 5.41 Å². The summed E-state index contributed by atoms with van der Waals surface area (Å²) in [7, 11) is 1.69. The molecule has 0 spiro atoms. The number of hydrogen-bond donors (Lipinski definition) is 0. The summed E-state index contributed by atoms with van der Waals surface area (Å²) >= 11 is 1.33. The third-order valence-corrected chi connectivity index (χ3v) is 4.66. The van der Waals surface area contributed by atoms with E-state index in [0.29, 0.717) is 15.8 Å². The highest BCUT2D eigenvalue weighted by atomic mass is 32.1. The Morgan fingerprint density at radius 2 is 1.88 bits per heavy atom. The molecular formula is C19H23NO3S. The highest BCUT2D eigenvalue weighted by Gasteiger charge is 2.19. The van der Waals surface area contributed by atoms with Crippen molar-refractivity contribution in [3.8, 4) is 5.75 Å². The molecule has 1 aromatic carbocycles. The van der Waals surface area contributed by atoms with Crippen LogP contribution in [0, 0.1) is 5.41 Å². The van der Waals surface area contributed by atoms with E-state index in [1.54, 1.807) is 13.1 Å². The monoisotopic (exact) mass is 345 g/mol. The first-order valence-electron chi connectivity index (χ1n) is 7.89. The molecule has 0 N–H and O–H groups in total. The van der Waals surface area contributed by atoms with Crippen LogP contribution in [0.25, 0.3) is 12.2 Å². The van der Waals surface area contributed by atoms with Crippen LogP contribution >= 0.6 is 11.3 Å². The molecule has 4 nitrogen and oxygen atoms in total. The van der Waals surface area contributed by atoms with Crippen molar-refractivity contribution < 1.29 is 9.53 Å². The average Bonchev–Trinajstić information content (AvgIpc) is 2.77. The largest absolute Gasteiger partial charge is 0.494 e. The molecule has 0 radical (unpaired) electrons. The van der Waals surface area contributed by atoms with Crippen LogP contribution in [0.5, 0.6) is 5.75 Å². The number of carbonyl (C=O) groups excluding carboxylic acids is 1. The molecule has 0 aliphatic carbocycles. The number of carbonyl (C=O) groups is 1. The number of ketones is 1. The van der Waals surface area contributed by atoms with Crippen molar-refractivity contribution in [2.24, 2.45) is 12.5 Å². The molecule has 0 saturated heterocycles. The lowest BCUT2D eigenvalue weighted by molar-refractivity contribution is -0.120. The highest BCUT2D eigenvalue weighted by molar-refractivity contribution is 7.07. The van der Waals surface area contributed by atoms with Gasteiger partial charge in [0, 0.05) is 18.5 Å². The van der Waals surface area contributed by atoms with Crippen LogP contribution in [0.3, 0.4) is 0 Å². The zero-order valence-electron chi connectivity index (χ0n) is 14.8. The topological polar surface area (TPSA) is 48.3 Å². The van der Waals surface area contributed by atoms with Crippen LogP contribution in [0.2, 0.25) is 0 Å². The number of ether oxygens (including phenoxy) is 1. The molecule has 0 amide bonds. The van der Waals surface area contributed by atoms with Crippen LogP contribution in [0.4, 0.5) is 0 Å². The standard InChI is InChI=1S/C19H23NO3S/c1-6-23-14-9-7-13(8-10-14)11-15-18(22)20(5)17(24-15)12-16(21)19(2,3)4/h7-12H,6H2,1-5H3/b15-11+,17-12+. The van der Waals surface area contributed by atoms with Crippen molar-refractivity contribution in [1.29, 1.82) is 0 Å². The number of hydrogen-bond acceptors (Lipinski definition) is 4. The summed E-state index contributed by atoms with van der Waals surface area (Å²) < 4.78 is 8.21. The van der Waals surface area contributed by atoms with Gasteiger partial charge in [0.1, 0.15) is 10.4 Å². The molecule has 24 heavy (non-hydrogen) atoms. The second kappa shape index (κ2) is 7.18. The van der Waals surface area contributed by atoms with E-state index >= 15 is 0 Å². The molecule has 0 unspecified atom stereocenters. The van der Waals surface area contributed by atoms with Crippen LogP contribution < -0.4 is 19.5 Å². The van der Waals surface area contributed by atoms with Gasteiger partial charge in [0.25, 0.3) is 5.56 Å². The van der Waals surface area contributed by atoms with Gasteiger partial charge >= 0.3 is 0 Å². The number of nitrogens with zero attached hydrogens (tertiary/aromatic N) is 1. The first-order valence-corrected chi connectivity index (χ1v) is 8.70. The fourth-order valence-corrected chi connectivity index (χ4v) is 3.04. The fourth-order valence-electron chi connectivity index (χ4n) is 2.01. The lowest BCUT2D eigenvalue weighted by atomic mass is 9.91. The predicted octanol–water partition coefficient (Wildman–Crippen LogP) is 2.07. The molecule has 0 fully saturated rings. The summed E-state index contributed by atoms with van der Waals surface area (Å²) in [6.07, 6.45) is 3.39. The minimum absolute atomic E-state index is 0.00645. The van der Waals surface area contributed by atoms with Gasteiger partial charge in [-0.2, -0.15) is 0 Å². The fraction of sp³-hybridized carbons (Fsp3) is 0.368. The van der Waals surface area contributed by atoms with E-state index in [0.717, 1.165) is 11.3 Å². The van der Waals surface area contributed by atoms with Crippen molar-refractivity contribution in [3.05, 3.63) is 49.4 Å². The first kappa shape index (κ1) is 18.2. The van der Waals surface area contributed by atoms with Crippen molar-refractivity contribution >= 4 is 29.3 Å². The molecule has 0 atom stereocenters. The van der Waals surface area contributed by atoms with Gasteiger partial charge in [0.15, 0.2) is 5.78 Å². The SMILES string of the molecule is CCOc1ccc(/C=c2/s/c(=C/C(=O)C(C)(C)C)n(C)c2=O)cc1. The Labute approximate surface area is 145 Å². The van der Waals surface area contributed by atoms with E-state index in [9.17, 15) is 9.59 Å². The van der Waals surface area contributed by atoms with Crippen molar-refractivity contribution in [1.82, 2.24) is 4.57 Å². The van der Waals surface area contributed by atoms with E-state index in [1.807, 2.05) is 58.0 Å². The first-order chi connectivity index (χ1) is 11.2. The van der Waals surface area contributed by atoms with Crippen LogP contribution in [0.1, 0.15) is 33.3 Å². The lowest BCUT2D eigenvalue weighted by Crippen LogP contribution is -2.30. The Bertz CT molecular complexity index is 896. The Hall–Kier alpha value is -2.14. The minimum atomic E-state index is -0.459. The molecule has 0 aliphatic heterocycles. The third kappa shape index (κ3) is 4.23. The molecule has 128 valence electrons. The molecule has 2 aromatic rings. The number of thiazole rings is 1. The number of Topliss-reactive ketones (excluding diaryl/α,β-unsaturated/α-hetero) is 1. The van der Waals surface area contributed by atoms with Gasteiger partial charge in [-0.1, -0.05) is 32.9 Å². The van der Waals surface area contributed by atoms with Crippen LogP contribution in [-0.2, 0) is 11.8 Å². The summed E-state index contributed by atoms with van der Waals surface area (Å²) in [5, 5.41) is 0. The maximum absolute atomic E-state index is 12.4. The van der Waals surface area contributed by atoms with E-state index in [1.165, 1.54) is 15.9 Å². The number of rotatable bonds is 4. The van der Waals surface area contributed by atoms with Gasteiger partial charge in [-0.25, -0.2) is 0 Å². The number of benzene rings is 1. The Morgan fingerprint density at radius 1 is 1.25 bits per heavy atom. The van der Waals surface area contributed by atoms with Gasteiger partial charge in [-0.15, -0.1) is 11.3 Å². The van der Waals surface area contributed by atoms with Gasteiger partial charge < -0.3 is 9.30 Å². The second-order valence-corrected chi connectivity index (χ2v) is 7.64. The molecular weight excluding hydrogens is 322 g/mol. The van der Waals surface area contributed by atoms with E-state index in [4.69, 9.17) is 4.74 Å². The molecule has 2 rings (SSSR count). The maximum atomic E-state index is 12.4. The zero-order chi connectivity index (χ0) is 17.9. The maximum Gasteiger partial charge on any atom is 0.268 e. The molecule has 5 heteroatoms. The van der Waals surface area contributed by atoms with Crippen molar-refractivity contribution in [2.75, 3.05) is 6.61 Å². The molecule has 0 saturated carbocycles. The highest BCUT2D eigenvalue weighted by Crippen LogP contribution is 2.15. The molecule has 0 aliphatic rings. The molecule has 0 bridgehead atoms. The van der Waals surface area contributed by atoms with Gasteiger partial charge in [0.05, 0.1) is 11.1 Å². The molecule has 1 heterocycles. The van der Waals surface area contributed by atoms with Crippen molar-refractivity contribution in [2.45, 2.75) is 27.7 Å². The summed E-state index contributed by atoms with van der Waals surface area (Å²) in [5.74, 6) is 0.811. The summed E-state index contributed by atoms with van der Waals surface area (Å²) in [6, 6.07) is 7.58. The Kier molecular flexibility index (Phi) is 5.44. The minimum Gasteiger partial charge on any atom is -0.494 e. The quantitative estimate of drug-likeness (QED) is 0.852. The average molecular weight is 345 g/mol. The zero-order valence-corrected chi connectivity index (χ0v) is 15.6. The van der Waals surface area contributed by atoms with Crippen molar-refractivity contribution in [3.63, 3.8) is 0 Å². The second-order valence-electron chi connectivity index (χ2n) is 6.57. The van der Waals surface area contributed by atoms with E-state index in [-0.39, 0.29) is 11.3 Å². The molecule has 1 aromatic heterocycles. The van der Waals surface area contributed by atoms with E-state index in [2.05, 4.69) is 0 Å². The number of aromatic nitrogens is 1. The summed E-state index contributed by atoms with van der Waals surface area (Å²) in [5.41, 5.74) is 0.367. The lowest BCUT2D eigenvalue weighted by Gasteiger charge is -2.12. The predicted molar refractivity (Wildman–Crippen MR) is 98.9 cm³/mol. The smallest absolute Gasteiger partial charge is 0.268 e.